The van der Waals surface area contributed by atoms with Crippen LogP contribution in [0.25, 0.3) is 21.8 Å². The second-order valence-corrected chi connectivity index (χ2v) is 8.95. The molecule has 2 radical (unpaired) electrons. The van der Waals surface area contributed by atoms with Gasteiger partial charge in [0.25, 0.3) is 10.0 Å². The number of anilines is 3. The van der Waals surface area contributed by atoms with Crippen molar-refractivity contribution < 1.29 is 8.42 Å². The van der Waals surface area contributed by atoms with Crippen LogP contribution in [-0.2, 0) is 10.0 Å². The number of hydrogen-bond acceptors (Lipinski definition) is 5. The molecule has 0 spiro atoms. The van der Waals surface area contributed by atoms with Crippen LogP contribution in [0.3, 0.4) is 0 Å². The van der Waals surface area contributed by atoms with Crippen LogP contribution in [0, 0.1) is 0 Å². The highest BCUT2D eigenvalue weighted by molar-refractivity contribution is 7.92. The first kappa shape index (κ1) is 20.0. The van der Waals surface area contributed by atoms with Crippen molar-refractivity contribution in [2.24, 2.45) is 0 Å². The molecule has 5 rings (SSSR count). The summed E-state index contributed by atoms with van der Waals surface area (Å²) in [5.74, 6) is 0.409. The zero-order valence-corrected chi connectivity index (χ0v) is 17.7. The van der Waals surface area contributed by atoms with Crippen molar-refractivity contribution in [1.82, 2.24) is 9.97 Å². The van der Waals surface area contributed by atoms with Crippen LogP contribution in [-0.4, -0.2) is 26.2 Å². The molecule has 0 atom stereocenters. The van der Waals surface area contributed by atoms with Gasteiger partial charge in [-0.05, 0) is 47.2 Å². The molecule has 5 aromatic rings. The van der Waals surface area contributed by atoms with E-state index in [9.17, 15) is 8.42 Å². The quantitative estimate of drug-likeness (QED) is 0.405. The first-order valence-corrected chi connectivity index (χ1v) is 11.4. The second kappa shape index (κ2) is 7.98. The van der Waals surface area contributed by atoms with Gasteiger partial charge in [-0.15, -0.1) is 0 Å². The third-order valence-electron chi connectivity index (χ3n) is 5.00. The number of nitrogens with zero attached hydrogens (tertiary/aromatic N) is 2. The minimum Gasteiger partial charge on any atom is -0.337 e. The average molecular weight is 436 g/mol. The van der Waals surface area contributed by atoms with E-state index in [-0.39, 0.29) is 10.7 Å². The van der Waals surface area contributed by atoms with Gasteiger partial charge in [0.15, 0.2) is 11.6 Å². The van der Waals surface area contributed by atoms with Crippen molar-refractivity contribution in [3.05, 3.63) is 91.0 Å². The van der Waals surface area contributed by atoms with Crippen molar-refractivity contribution in [2.75, 3.05) is 10.0 Å². The Hall–Kier alpha value is -3.91. The molecule has 0 amide bonds. The molecule has 0 unspecified atom stereocenters. The standard InChI is InChI=1S/C24H17BN4O2S/c25-18-10-13-20(14-11-18)32(30,31)29-24-23(27-21-7-3-4-8-22(21)28-24)26-19-12-9-16-5-1-2-6-17(16)15-19/h1-15H,(H,26,27)(H,28,29). The lowest BCUT2D eigenvalue weighted by Gasteiger charge is -2.14. The molecule has 0 aliphatic rings. The summed E-state index contributed by atoms with van der Waals surface area (Å²) in [5, 5.41) is 5.37. The first-order chi connectivity index (χ1) is 15.5. The lowest BCUT2D eigenvalue weighted by atomic mass is 9.97. The molecule has 4 aromatic carbocycles. The number of benzene rings is 4. The van der Waals surface area contributed by atoms with Crippen LogP contribution in [0.1, 0.15) is 0 Å². The van der Waals surface area contributed by atoms with E-state index in [0.29, 0.717) is 22.3 Å². The van der Waals surface area contributed by atoms with Crippen molar-refractivity contribution in [2.45, 2.75) is 4.90 Å². The van der Waals surface area contributed by atoms with Crippen LogP contribution in [0.5, 0.6) is 0 Å². The Morgan fingerprint density at radius 3 is 2.03 bits per heavy atom. The largest absolute Gasteiger partial charge is 0.337 e. The molecule has 8 heteroatoms. The van der Waals surface area contributed by atoms with Gasteiger partial charge >= 0.3 is 0 Å². The predicted molar refractivity (Wildman–Crippen MR) is 129 cm³/mol. The Morgan fingerprint density at radius 1 is 0.688 bits per heavy atom. The summed E-state index contributed by atoms with van der Waals surface area (Å²) >= 11 is 0. The molecule has 2 N–H and O–H groups in total. The molecular weight excluding hydrogens is 419 g/mol. The smallest absolute Gasteiger partial charge is 0.263 e. The zero-order chi connectivity index (χ0) is 22.1. The Kier molecular flexibility index (Phi) is 4.99. The van der Waals surface area contributed by atoms with E-state index in [1.807, 2.05) is 60.7 Å². The van der Waals surface area contributed by atoms with Gasteiger partial charge in [-0.2, -0.15) is 0 Å². The highest BCUT2D eigenvalue weighted by Gasteiger charge is 2.19. The molecule has 6 nitrogen and oxygen atoms in total. The summed E-state index contributed by atoms with van der Waals surface area (Å²) in [6, 6.07) is 27.1. The van der Waals surface area contributed by atoms with Crippen LogP contribution in [0.15, 0.2) is 95.9 Å². The fraction of sp³-hybridized carbons (Fsp3) is 0. The molecule has 0 saturated heterocycles. The van der Waals surface area contributed by atoms with Gasteiger partial charge in [-0.1, -0.05) is 60.1 Å². The molecule has 1 aromatic heterocycles. The normalized spacial score (nSPS) is 11.5. The fourth-order valence-corrected chi connectivity index (χ4v) is 4.40. The van der Waals surface area contributed by atoms with Crippen LogP contribution in [0.4, 0.5) is 17.3 Å². The van der Waals surface area contributed by atoms with Crippen LogP contribution < -0.4 is 15.5 Å². The Balaban J connectivity index is 1.57. The van der Waals surface area contributed by atoms with E-state index in [1.165, 1.54) is 24.3 Å². The Labute approximate surface area is 186 Å². The summed E-state index contributed by atoms with van der Waals surface area (Å²) in [5.41, 5.74) is 2.46. The maximum Gasteiger partial charge on any atom is 0.263 e. The molecule has 0 bridgehead atoms. The highest BCUT2D eigenvalue weighted by Crippen LogP contribution is 2.28. The SMILES string of the molecule is [B]c1ccc(S(=O)(=O)Nc2nc3ccccc3nc2Nc2ccc3ccccc3c2)cc1. The van der Waals surface area contributed by atoms with Crippen molar-refractivity contribution in [3.63, 3.8) is 0 Å². The van der Waals surface area contributed by atoms with E-state index in [2.05, 4.69) is 20.0 Å². The molecule has 32 heavy (non-hydrogen) atoms. The Bertz CT molecular complexity index is 1550. The number of nitrogens with one attached hydrogen (secondary N) is 2. The maximum atomic E-state index is 13.0. The highest BCUT2D eigenvalue weighted by atomic mass is 32.2. The topological polar surface area (TPSA) is 84.0 Å². The molecule has 0 saturated carbocycles. The predicted octanol–water partition coefficient (Wildman–Crippen LogP) is 4.12. The van der Waals surface area contributed by atoms with Crippen molar-refractivity contribution in [3.8, 4) is 0 Å². The summed E-state index contributed by atoms with van der Waals surface area (Å²) < 4.78 is 28.5. The monoisotopic (exact) mass is 436 g/mol. The van der Waals surface area contributed by atoms with E-state index < -0.39 is 10.0 Å². The maximum absolute atomic E-state index is 13.0. The Morgan fingerprint density at radius 2 is 1.31 bits per heavy atom. The lowest BCUT2D eigenvalue weighted by Crippen LogP contribution is -2.16. The number of para-hydroxylation sites is 2. The average Bonchev–Trinajstić information content (AvgIpc) is 2.79. The number of sulfonamides is 1. The third kappa shape index (κ3) is 4.00. The molecule has 1 heterocycles. The molecule has 0 aliphatic carbocycles. The van der Waals surface area contributed by atoms with Crippen LogP contribution in [0.2, 0.25) is 0 Å². The lowest BCUT2D eigenvalue weighted by molar-refractivity contribution is 0.601. The van der Waals surface area contributed by atoms with Crippen molar-refractivity contribution >= 4 is 62.5 Å². The van der Waals surface area contributed by atoms with E-state index in [4.69, 9.17) is 7.85 Å². The molecular formula is C24H17BN4O2S. The number of rotatable bonds is 5. The summed E-state index contributed by atoms with van der Waals surface area (Å²) in [7, 11) is 1.79. The summed E-state index contributed by atoms with van der Waals surface area (Å²) in [6.07, 6.45) is 0. The zero-order valence-electron chi connectivity index (χ0n) is 16.9. The van der Waals surface area contributed by atoms with Gasteiger partial charge < -0.3 is 5.32 Å². The van der Waals surface area contributed by atoms with E-state index in [0.717, 1.165) is 16.5 Å². The van der Waals surface area contributed by atoms with Crippen LogP contribution >= 0.6 is 0 Å². The summed E-state index contributed by atoms with van der Waals surface area (Å²) in [4.78, 5) is 9.23. The second-order valence-electron chi connectivity index (χ2n) is 7.27. The third-order valence-corrected chi connectivity index (χ3v) is 6.36. The van der Waals surface area contributed by atoms with E-state index >= 15 is 0 Å². The number of fused-ring (bicyclic) bond motifs is 2. The summed E-state index contributed by atoms with van der Waals surface area (Å²) in [6.45, 7) is 0. The van der Waals surface area contributed by atoms with Gasteiger partial charge in [0.05, 0.1) is 15.9 Å². The van der Waals surface area contributed by atoms with Crippen molar-refractivity contribution in [1.29, 1.82) is 0 Å². The minimum absolute atomic E-state index is 0.0818. The van der Waals surface area contributed by atoms with Gasteiger partial charge in [-0.25, -0.2) is 18.4 Å². The minimum atomic E-state index is -3.90. The first-order valence-electron chi connectivity index (χ1n) is 9.89. The van der Waals surface area contributed by atoms with Gasteiger partial charge in [0, 0.05) is 5.69 Å². The van der Waals surface area contributed by atoms with Gasteiger partial charge in [0.2, 0.25) is 0 Å². The van der Waals surface area contributed by atoms with Gasteiger partial charge in [-0.3, -0.25) is 4.72 Å². The number of aromatic nitrogens is 2. The molecule has 0 aliphatic heterocycles. The molecule has 0 fully saturated rings. The fourth-order valence-electron chi connectivity index (χ4n) is 3.40. The number of hydrogen-bond donors (Lipinski definition) is 2. The molecule has 154 valence electrons. The van der Waals surface area contributed by atoms with Gasteiger partial charge in [0.1, 0.15) is 7.85 Å². The van der Waals surface area contributed by atoms with E-state index in [1.54, 1.807) is 6.07 Å².